The van der Waals surface area contributed by atoms with E-state index < -0.39 is 0 Å². The Morgan fingerprint density at radius 3 is 2.86 bits per heavy atom. The van der Waals surface area contributed by atoms with Gasteiger partial charge in [0.25, 0.3) is 0 Å². The molecule has 0 radical (unpaired) electrons. The van der Waals surface area contributed by atoms with Crippen molar-refractivity contribution in [2.24, 2.45) is 5.92 Å². The molecule has 2 atom stereocenters. The van der Waals surface area contributed by atoms with Crippen molar-refractivity contribution in [3.05, 3.63) is 23.8 Å². The molecule has 2 fully saturated rings. The molecule has 2 aliphatic heterocycles. The highest BCUT2D eigenvalue weighted by atomic mass is 16.1. The highest BCUT2D eigenvalue weighted by Crippen LogP contribution is 2.32. The van der Waals surface area contributed by atoms with Crippen LogP contribution in [0.1, 0.15) is 36.5 Å². The van der Waals surface area contributed by atoms with E-state index in [0.29, 0.717) is 11.3 Å². The number of hydrogen-bond acceptors (Lipinski definition) is 4. The van der Waals surface area contributed by atoms with Gasteiger partial charge in [-0.25, -0.2) is 0 Å². The zero-order valence-corrected chi connectivity index (χ0v) is 13.0. The Balaban J connectivity index is 1.79. The van der Waals surface area contributed by atoms with Gasteiger partial charge in [-0.3, -0.25) is 4.79 Å². The lowest BCUT2D eigenvalue weighted by Gasteiger charge is -2.46. The maximum atomic E-state index is 11.7. The molecular formula is C17H25N3O. The topological polar surface area (TPSA) is 49.6 Å². The second kappa shape index (κ2) is 5.68. The summed E-state index contributed by atoms with van der Waals surface area (Å²) in [5, 5.41) is 0. The predicted molar refractivity (Wildman–Crippen MR) is 86.8 cm³/mol. The minimum Gasteiger partial charge on any atom is -0.398 e. The van der Waals surface area contributed by atoms with Crippen LogP contribution in [0.3, 0.4) is 0 Å². The third kappa shape index (κ3) is 2.77. The second-order valence-corrected chi connectivity index (χ2v) is 6.51. The van der Waals surface area contributed by atoms with E-state index >= 15 is 0 Å². The predicted octanol–water partition coefficient (Wildman–Crippen LogP) is 2.39. The van der Waals surface area contributed by atoms with Gasteiger partial charge in [0, 0.05) is 36.1 Å². The van der Waals surface area contributed by atoms with Gasteiger partial charge in [-0.2, -0.15) is 0 Å². The zero-order valence-electron chi connectivity index (χ0n) is 13.0. The maximum Gasteiger partial charge on any atom is 0.161 e. The number of piperidine rings is 2. The van der Waals surface area contributed by atoms with Crippen molar-refractivity contribution in [2.45, 2.75) is 32.2 Å². The fourth-order valence-electron chi connectivity index (χ4n) is 3.93. The summed E-state index contributed by atoms with van der Waals surface area (Å²) in [6.45, 7) is 4.97. The molecule has 2 unspecified atom stereocenters. The SMILES string of the molecule is CC(=O)c1cc(N2CCC3C(CCCN3C)C2)ccc1N. The molecule has 1 aromatic carbocycles. The monoisotopic (exact) mass is 287 g/mol. The quantitative estimate of drug-likeness (QED) is 0.670. The highest BCUT2D eigenvalue weighted by Gasteiger charge is 2.34. The smallest absolute Gasteiger partial charge is 0.161 e. The third-order valence-electron chi connectivity index (χ3n) is 5.13. The van der Waals surface area contributed by atoms with E-state index in [0.717, 1.165) is 30.7 Å². The van der Waals surface area contributed by atoms with Gasteiger partial charge >= 0.3 is 0 Å². The van der Waals surface area contributed by atoms with Gasteiger partial charge in [-0.1, -0.05) is 0 Å². The lowest BCUT2D eigenvalue weighted by atomic mass is 9.84. The lowest BCUT2D eigenvalue weighted by Crippen LogP contribution is -2.52. The number of nitrogen functional groups attached to an aromatic ring is 1. The number of ketones is 1. The average molecular weight is 287 g/mol. The molecule has 2 heterocycles. The summed E-state index contributed by atoms with van der Waals surface area (Å²) in [5.74, 6) is 0.789. The molecule has 4 nitrogen and oxygen atoms in total. The molecule has 4 heteroatoms. The molecule has 1 aromatic rings. The van der Waals surface area contributed by atoms with Crippen LogP contribution in [0.25, 0.3) is 0 Å². The van der Waals surface area contributed by atoms with Crippen LogP contribution in [0.5, 0.6) is 0 Å². The number of nitrogens with zero attached hydrogens (tertiary/aromatic N) is 2. The van der Waals surface area contributed by atoms with Crippen molar-refractivity contribution < 1.29 is 4.79 Å². The number of carbonyl (C=O) groups excluding carboxylic acids is 1. The summed E-state index contributed by atoms with van der Waals surface area (Å²) in [4.78, 5) is 16.6. The Morgan fingerprint density at radius 2 is 2.10 bits per heavy atom. The average Bonchev–Trinajstić information content (AvgIpc) is 2.47. The summed E-state index contributed by atoms with van der Waals surface area (Å²) in [5.41, 5.74) is 8.27. The first kappa shape index (κ1) is 14.4. The van der Waals surface area contributed by atoms with Crippen molar-refractivity contribution in [1.29, 1.82) is 0 Å². The van der Waals surface area contributed by atoms with Crippen LogP contribution in [-0.4, -0.2) is 43.4 Å². The summed E-state index contributed by atoms with van der Waals surface area (Å²) in [6.07, 6.45) is 3.83. The van der Waals surface area contributed by atoms with E-state index in [-0.39, 0.29) is 5.78 Å². The molecule has 21 heavy (non-hydrogen) atoms. The van der Waals surface area contributed by atoms with Gasteiger partial charge in [0.05, 0.1) is 0 Å². The molecule has 0 spiro atoms. The van der Waals surface area contributed by atoms with Crippen LogP contribution < -0.4 is 10.6 Å². The van der Waals surface area contributed by atoms with Gasteiger partial charge in [0.2, 0.25) is 0 Å². The van der Waals surface area contributed by atoms with Gasteiger partial charge in [-0.15, -0.1) is 0 Å². The van der Waals surface area contributed by atoms with Gasteiger partial charge in [-0.05, 0) is 63.9 Å². The van der Waals surface area contributed by atoms with Crippen molar-refractivity contribution in [3.63, 3.8) is 0 Å². The first-order valence-corrected chi connectivity index (χ1v) is 7.92. The van der Waals surface area contributed by atoms with Gasteiger partial charge in [0.15, 0.2) is 5.78 Å². The maximum absolute atomic E-state index is 11.7. The molecule has 0 aromatic heterocycles. The number of Topliss-reactive ketones (excluding diaryl/α,β-unsaturated/α-hetero) is 1. The standard InChI is InChI=1S/C17H25N3O/c1-12(21)15-10-14(5-6-16(15)18)20-9-7-17-13(11-20)4-3-8-19(17)2/h5-6,10,13,17H,3-4,7-9,11,18H2,1-2H3. The zero-order chi connectivity index (χ0) is 15.0. The van der Waals surface area contributed by atoms with Crippen molar-refractivity contribution in [1.82, 2.24) is 4.90 Å². The molecule has 2 saturated heterocycles. The van der Waals surface area contributed by atoms with E-state index in [1.165, 1.54) is 25.8 Å². The molecule has 114 valence electrons. The van der Waals surface area contributed by atoms with E-state index in [2.05, 4.69) is 22.9 Å². The van der Waals surface area contributed by atoms with E-state index in [4.69, 9.17) is 5.73 Å². The molecule has 2 N–H and O–H groups in total. The first-order chi connectivity index (χ1) is 10.1. The van der Waals surface area contributed by atoms with Crippen LogP contribution >= 0.6 is 0 Å². The number of fused-ring (bicyclic) bond motifs is 1. The Labute approximate surface area is 126 Å². The van der Waals surface area contributed by atoms with Crippen LogP contribution in [0.4, 0.5) is 11.4 Å². The number of rotatable bonds is 2. The van der Waals surface area contributed by atoms with Crippen LogP contribution in [-0.2, 0) is 0 Å². The number of carbonyl (C=O) groups is 1. The highest BCUT2D eigenvalue weighted by molar-refractivity contribution is 6.00. The van der Waals surface area contributed by atoms with Gasteiger partial charge < -0.3 is 15.5 Å². The number of benzene rings is 1. The normalized spacial score (nSPS) is 26.5. The summed E-state index contributed by atoms with van der Waals surface area (Å²) < 4.78 is 0. The second-order valence-electron chi connectivity index (χ2n) is 6.51. The fraction of sp³-hybridized carbons (Fsp3) is 0.588. The van der Waals surface area contributed by atoms with Gasteiger partial charge in [0.1, 0.15) is 0 Å². The Bertz CT molecular complexity index is 543. The largest absolute Gasteiger partial charge is 0.398 e. The Kier molecular flexibility index (Phi) is 3.89. The molecular weight excluding hydrogens is 262 g/mol. The van der Waals surface area contributed by atoms with Crippen LogP contribution in [0.15, 0.2) is 18.2 Å². The molecule has 0 saturated carbocycles. The molecule has 2 aliphatic rings. The van der Waals surface area contributed by atoms with E-state index in [1.54, 1.807) is 6.92 Å². The number of nitrogens with two attached hydrogens (primary N) is 1. The van der Waals surface area contributed by atoms with Crippen LogP contribution in [0.2, 0.25) is 0 Å². The Hall–Kier alpha value is -1.55. The minimum absolute atomic E-state index is 0.0432. The van der Waals surface area contributed by atoms with Crippen molar-refractivity contribution >= 4 is 17.2 Å². The minimum atomic E-state index is 0.0432. The van der Waals surface area contributed by atoms with E-state index in [9.17, 15) is 4.79 Å². The fourth-order valence-corrected chi connectivity index (χ4v) is 3.93. The van der Waals surface area contributed by atoms with Crippen LogP contribution in [0, 0.1) is 5.92 Å². The van der Waals surface area contributed by atoms with Crippen molar-refractivity contribution in [2.75, 3.05) is 37.3 Å². The summed E-state index contributed by atoms with van der Waals surface area (Å²) in [7, 11) is 2.25. The number of hydrogen-bond donors (Lipinski definition) is 1. The molecule has 0 aliphatic carbocycles. The molecule has 0 amide bonds. The summed E-state index contributed by atoms with van der Waals surface area (Å²) in [6, 6.07) is 6.61. The number of anilines is 2. The lowest BCUT2D eigenvalue weighted by molar-refractivity contribution is 0.101. The Morgan fingerprint density at radius 1 is 1.29 bits per heavy atom. The summed E-state index contributed by atoms with van der Waals surface area (Å²) >= 11 is 0. The molecule has 3 rings (SSSR count). The van der Waals surface area contributed by atoms with Crippen molar-refractivity contribution in [3.8, 4) is 0 Å². The van der Waals surface area contributed by atoms with E-state index in [1.807, 2.05) is 12.1 Å². The first-order valence-electron chi connectivity index (χ1n) is 7.92. The third-order valence-corrected chi connectivity index (χ3v) is 5.13. The number of likely N-dealkylation sites (tertiary alicyclic amines) is 1. The molecule has 0 bridgehead atoms.